The van der Waals surface area contributed by atoms with Gasteiger partial charge in [-0.25, -0.2) is 4.98 Å². The number of rotatable bonds is 4. The maximum Gasteiger partial charge on any atom is 0.416 e. The molecule has 1 aromatic heterocycles. The molecule has 3 rings (SSSR count). The highest BCUT2D eigenvalue weighted by molar-refractivity contribution is 5.82. The molecule has 23 heavy (non-hydrogen) atoms. The SMILES string of the molecule is CN(Cc1ncn[nH]1)C(=O)[C@@H]1C[C@H]1c1cccc(C(F)(F)F)c1. The summed E-state index contributed by atoms with van der Waals surface area (Å²) < 4.78 is 38.3. The number of benzene rings is 1. The van der Waals surface area contributed by atoms with Crippen LogP contribution in [0.2, 0.25) is 0 Å². The van der Waals surface area contributed by atoms with Gasteiger partial charge in [0.05, 0.1) is 12.1 Å². The molecule has 1 aliphatic carbocycles. The molecule has 1 saturated carbocycles. The Morgan fingerprint density at radius 1 is 1.43 bits per heavy atom. The first-order chi connectivity index (χ1) is 10.9. The maximum atomic E-state index is 12.8. The van der Waals surface area contributed by atoms with E-state index in [0.717, 1.165) is 12.1 Å². The molecule has 0 unspecified atom stereocenters. The fourth-order valence-corrected chi connectivity index (χ4v) is 2.67. The lowest BCUT2D eigenvalue weighted by molar-refractivity contribution is -0.137. The number of aromatic nitrogens is 3. The normalized spacial score (nSPS) is 20.3. The first-order valence-corrected chi connectivity index (χ1v) is 7.12. The molecule has 0 saturated heterocycles. The van der Waals surface area contributed by atoms with Gasteiger partial charge in [0.2, 0.25) is 5.91 Å². The molecule has 1 fully saturated rings. The van der Waals surface area contributed by atoms with Gasteiger partial charge >= 0.3 is 6.18 Å². The number of carbonyl (C=O) groups excluding carboxylic acids is 1. The van der Waals surface area contributed by atoms with Crippen LogP contribution in [0.15, 0.2) is 30.6 Å². The predicted octanol–water partition coefficient (Wildman–Crippen LogP) is 2.59. The number of halogens is 3. The van der Waals surface area contributed by atoms with Crippen molar-refractivity contribution in [3.05, 3.63) is 47.5 Å². The lowest BCUT2D eigenvalue weighted by atomic mass is 10.1. The Balaban J connectivity index is 1.66. The summed E-state index contributed by atoms with van der Waals surface area (Å²) in [5.74, 6) is 0.0503. The zero-order chi connectivity index (χ0) is 16.6. The van der Waals surface area contributed by atoms with Crippen LogP contribution in [0.4, 0.5) is 13.2 Å². The molecule has 2 aromatic rings. The van der Waals surface area contributed by atoms with E-state index < -0.39 is 11.7 Å². The van der Waals surface area contributed by atoms with E-state index in [4.69, 9.17) is 0 Å². The van der Waals surface area contributed by atoms with Crippen molar-refractivity contribution in [1.29, 1.82) is 0 Å². The van der Waals surface area contributed by atoms with Crippen LogP contribution in [0.3, 0.4) is 0 Å². The first kappa shape index (κ1) is 15.5. The number of amides is 1. The fraction of sp³-hybridized carbons (Fsp3) is 0.400. The second-order valence-electron chi connectivity index (χ2n) is 5.70. The average Bonchev–Trinajstić information content (AvgIpc) is 3.15. The second kappa shape index (κ2) is 5.68. The van der Waals surface area contributed by atoms with Gasteiger partial charge in [-0.2, -0.15) is 18.3 Å². The van der Waals surface area contributed by atoms with Crippen molar-refractivity contribution in [1.82, 2.24) is 20.1 Å². The van der Waals surface area contributed by atoms with Gasteiger partial charge in [-0.05, 0) is 24.0 Å². The number of hydrogen-bond donors (Lipinski definition) is 1. The molecule has 0 spiro atoms. The summed E-state index contributed by atoms with van der Waals surface area (Å²) >= 11 is 0. The molecule has 122 valence electrons. The van der Waals surface area contributed by atoms with Gasteiger partial charge in [0, 0.05) is 13.0 Å². The number of nitrogens with zero attached hydrogens (tertiary/aromatic N) is 3. The van der Waals surface area contributed by atoms with E-state index in [9.17, 15) is 18.0 Å². The largest absolute Gasteiger partial charge is 0.416 e. The number of alkyl halides is 3. The number of H-pyrrole nitrogens is 1. The molecule has 8 heteroatoms. The molecular formula is C15H15F3N4O. The number of carbonyl (C=O) groups is 1. The highest BCUT2D eigenvalue weighted by Gasteiger charge is 2.45. The molecule has 1 aromatic carbocycles. The van der Waals surface area contributed by atoms with Crippen LogP contribution in [-0.4, -0.2) is 33.0 Å². The van der Waals surface area contributed by atoms with Gasteiger partial charge in [-0.1, -0.05) is 18.2 Å². The van der Waals surface area contributed by atoms with Crippen LogP contribution in [0, 0.1) is 5.92 Å². The van der Waals surface area contributed by atoms with Crippen LogP contribution in [0.5, 0.6) is 0 Å². The van der Waals surface area contributed by atoms with Crippen LogP contribution in [0.1, 0.15) is 29.3 Å². The third-order valence-corrected chi connectivity index (χ3v) is 3.98. The van der Waals surface area contributed by atoms with Crippen LogP contribution in [-0.2, 0) is 17.5 Å². The van der Waals surface area contributed by atoms with Gasteiger partial charge in [-0.3, -0.25) is 9.89 Å². The molecule has 5 nitrogen and oxygen atoms in total. The lowest BCUT2D eigenvalue weighted by Crippen LogP contribution is -2.28. The van der Waals surface area contributed by atoms with Crippen molar-refractivity contribution in [3.63, 3.8) is 0 Å². The minimum atomic E-state index is -4.37. The highest BCUT2D eigenvalue weighted by Crippen LogP contribution is 2.49. The topological polar surface area (TPSA) is 61.9 Å². The summed E-state index contributed by atoms with van der Waals surface area (Å²) in [5, 5.41) is 6.38. The van der Waals surface area contributed by atoms with E-state index >= 15 is 0 Å². The zero-order valence-corrected chi connectivity index (χ0v) is 12.3. The molecule has 0 radical (unpaired) electrons. The second-order valence-corrected chi connectivity index (χ2v) is 5.70. The summed E-state index contributed by atoms with van der Waals surface area (Å²) in [6.45, 7) is 0.296. The van der Waals surface area contributed by atoms with Crippen molar-refractivity contribution in [2.75, 3.05) is 7.05 Å². The number of hydrogen-bond acceptors (Lipinski definition) is 3. The summed E-state index contributed by atoms with van der Waals surface area (Å²) in [5.41, 5.74) is -0.116. The van der Waals surface area contributed by atoms with Crippen molar-refractivity contribution in [3.8, 4) is 0 Å². The molecule has 2 atom stereocenters. The smallest absolute Gasteiger partial charge is 0.338 e. The van der Waals surface area contributed by atoms with Gasteiger partial charge in [0.15, 0.2) is 0 Å². The maximum absolute atomic E-state index is 12.8. The minimum Gasteiger partial charge on any atom is -0.338 e. The summed E-state index contributed by atoms with van der Waals surface area (Å²) in [7, 11) is 1.65. The molecule has 0 aliphatic heterocycles. The van der Waals surface area contributed by atoms with Gasteiger partial charge < -0.3 is 4.90 Å². The molecule has 1 heterocycles. The van der Waals surface area contributed by atoms with Crippen LogP contribution in [0.25, 0.3) is 0 Å². The summed E-state index contributed by atoms with van der Waals surface area (Å²) in [6, 6.07) is 5.20. The average molecular weight is 324 g/mol. The van der Waals surface area contributed by atoms with E-state index in [1.807, 2.05) is 0 Å². The predicted molar refractivity (Wildman–Crippen MR) is 75.1 cm³/mol. The number of aromatic amines is 1. The minimum absolute atomic E-state index is 0.0937. The first-order valence-electron chi connectivity index (χ1n) is 7.12. The van der Waals surface area contributed by atoms with E-state index in [1.54, 1.807) is 13.1 Å². The third-order valence-electron chi connectivity index (χ3n) is 3.98. The fourth-order valence-electron chi connectivity index (χ4n) is 2.67. The Bertz CT molecular complexity index is 699. The van der Waals surface area contributed by atoms with E-state index in [0.29, 0.717) is 24.4 Å². The standard InChI is InChI=1S/C15H15F3N4O/c1-22(7-13-19-8-20-21-13)14(23)12-6-11(12)9-3-2-4-10(5-9)15(16,17)18/h2-5,8,11-12H,6-7H2,1H3,(H,19,20,21)/t11-,12+/m0/s1. The number of nitrogens with one attached hydrogen (secondary N) is 1. The Labute approximate surface area is 130 Å². The zero-order valence-electron chi connectivity index (χ0n) is 12.3. The van der Waals surface area contributed by atoms with Gasteiger partial charge in [0.25, 0.3) is 0 Å². The van der Waals surface area contributed by atoms with E-state index in [1.165, 1.54) is 17.3 Å². The highest BCUT2D eigenvalue weighted by atomic mass is 19.4. The Hall–Kier alpha value is -2.38. The molecule has 0 bridgehead atoms. The summed E-state index contributed by atoms with van der Waals surface area (Å²) in [4.78, 5) is 17.8. The van der Waals surface area contributed by atoms with E-state index in [-0.39, 0.29) is 17.7 Å². The van der Waals surface area contributed by atoms with Crippen molar-refractivity contribution in [2.24, 2.45) is 5.92 Å². The quantitative estimate of drug-likeness (QED) is 0.940. The molecule has 1 amide bonds. The van der Waals surface area contributed by atoms with Gasteiger partial charge in [-0.15, -0.1) is 0 Å². The van der Waals surface area contributed by atoms with Crippen LogP contribution >= 0.6 is 0 Å². The Kier molecular flexibility index (Phi) is 3.83. The molecule has 1 aliphatic rings. The molecule has 1 N–H and O–H groups in total. The lowest BCUT2D eigenvalue weighted by Gasteiger charge is -2.15. The Morgan fingerprint density at radius 3 is 2.87 bits per heavy atom. The van der Waals surface area contributed by atoms with Crippen molar-refractivity contribution >= 4 is 5.91 Å². The Morgan fingerprint density at radius 2 is 2.22 bits per heavy atom. The third kappa shape index (κ3) is 3.35. The van der Waals surface area contributed by atoms with Crippen molar-refractivity contribution in [2.45, 2.75) is 25.1 Å². The summed E-state index contributed by atoms with van der Waals surface area (Å²) in [6.07, 6.45) is -2.44. The molecular weight excluding hydrogens is 309 g/mol. The van der Waals surface area contributed by atoms with Crippen molar-refractivity contribution < 1.29 is 18.0 Å². The monoisotopic (exact) mass is 324 g/mol. The van der Waals surface area contributed by atoms with E-state index in [2.05, 4.69) is 15.2 Å². The van der Waals surface area contributed by atoms with Gasteiger partial charge in [0.1, 0.15) is 12.2 Å². The van der Waals surface area contributed by atoms with Crippen LogP contribution < -0.4 is 0 Å².